The predicted octanol–water partition coefficient (Wildman–Crippen LogP) is 2.74. The van der Waals surface area contributed by atoms with Crippen LogP contribution in [0.2, 0.25) is 0 Å². The minimum Gasteiger partial charge on any atom is -0.345 e. The van der Waals surface area contributed by atoms with E-state index in [0.717, 1.165) is 18.7 Å². The molecule has 1 unspecified atom stereocenters. The van der Waals surface area contributed by atoms with Gasteiger partial charge in [0, 0.05) is 30.6 Å². The standard InChI is InChI=1S/C16H24N4/c1-13(17)11-16-7-4-9-19(16)12-14-8-10-20(18-14)15-5-2-3-6-15/h4,7-10,13,15H,2-3,5-6,11-12,17H2,1H3. The molecular weight excluding hydrogens is 248 g/mol. The first-order chi connectivity index (χ1) is 9.72. The lowest BCUT2D eigenvalue weighted by atomic mass is 10.2. The Bertz CT molecular complexity index is 546. The van der Waals surface area contributed by atoms with Gasteiger partial charge in [0.05, 0.1) is 18.3 Å². The molecule has 1 fully saturated rings. The van der Waals surface area contributed by atoms with Crippen molar-refractivity contribution >= 4 is 0 Å². The van der Waals surface area contributed by atoms with Crippen molar-refractivity contribution in [2.75, 3.05) is 0 Å². The van der Waals surface area contributed by atoms with Crippen molar-refractivity contribution in [3.05, 3.63) is 42.0 Å². The Morgan fingerprint density at radius 2 is 2.10 bits per heavy atom. The van der Waals surface area contributed by atoms with Gasteiger partial charge in [0.2, 0.25) is 0 Å². The first kappa shape index (κ1) is 13.4. The van der Waals surface area contributed by atoms with Crippen LogP contribution in [0.4, 0.5) is 0 Å². The van der Waals surface area contributed by atoms with E-state index in [-0.39, 0.29) is 6.04 Å². The highest BCUT2D eigenvalue weighted by atomic mass is 15.3. The maximum Gasteiger partial charge on any atom is 0.0821 e. The fourth-order valence-electron chi connectivity index (χ4n) is 3.13. The Hall–Kier alpha value is -1.55. The van der Waals surface area contributed by atoms with Crippen LogP contribution in [0.3, 0.4) is 0 Å². The third-order valence-corrected chi connectivity index (χ3v) is 4.15. The molecule has 4 nitrogen and oxygen atoms in total. The summed E-state index contributed by atoms with van der Waals surface area (Å²) in [6, 6.07) is 7.20. The van der Waals surface area contributed by atoms with Crippen molar-refractivity contribution in [1.82, 2.24) is 14.3 Å². The van der Waals surface area contributed by atoms with E-state index in [2.05, 4.69) is 39.8 Å². The number of rotatable bonds is 5. The van der Waals surface area contributed by atoms with Crippen LogP contribution in [-0.4, -0.2) is 20.4 Å². The van der Waals surface area contributed by atoms with E-state index in [9.17, 15) is 0 Å². The Morgan fingerprint density at radius 1 is 1.30 bits per heavy atom. The van der Waals surface area contributed by atoms with E-state index in [1.54, 1.807) is 0 Å². The molecule has 1 saturated carbocycles. The summed E-state index contributed by atoms with van der Waals surface area (Å²) in [5.41, 5.74) is 8.33. The molecule has 2 aromatic rings. The van der Waals surface area contributed by atoms with Crippen LogP contribution in [0.25, 0.3) is 0 Å². The molecule has 2 N–H and O–H groups in total. The zero-order chi connectivity index (χ0) is 13.9. The number of hydrogen-bond donors (Lipinski definition) is 1. The average Bonchev–Trinajstić information content (AvgIpc) is 3.11. The summed E-state index contributed by atoms with van der Waals surface area (Å²) < 4.78 is 4.42. The van der Waals surface area contributed by atoms with Crippen molar-refractivity contribution in [1.29, 1.82) is 0 Å². The monoisotopic (exact) mass is 272 g/mol. The van der Waals surface area contributed by atoms with Crippen LogP contribution in [0, 0.1) is 0 Å². The van der Waals surface area contributed by atoms with Gasteiger partial charge in [-0.25, -0.2) is 0 Å². The van der Waals surface area contributed by atoms with Crippen molar-refractivity contribution in [2.45, 2.75) is 57.7 Å². The van der Waals surface area contributed by atoms with E-state index in [4.69, 9.17) is 10.8 Å². The van der Waals surface area contributed by atoms with Crippen molar-refractivity contribution in [3.8, 4) is 0 Å². The van der Waals surface area contributed by atoms with Crippen LogP contribution in [-0.2, 0) is 13.0 Å². The molecule has 3 rings (SSSR count). The highest BCUT2D eigenvalue weighted by molar-refractivity contribution is 5.12. The maximum absolute atomic E-state index is 5.90. The number of hydrogen-bond acceptors (Lipinski definition) is 2. The van der Waals surface area contributed by atoms with Crippen molar-refractivity contribution in [3.63, 3.8) is 0 Å². The van der Waals surface area contributed by atoms with Gasteiger partial charge in [-0.05, 0) is 38.0 Å². The van der Waals surface area contributed by atoms with Crippen molar-refractivity contribution < 1.29 is 0 Å². The molecule has 1 atom stereocenters. The molecule has 2 aromatic heterocycles. The molecule has 108 valence electrons. The van der Waals surface area contributed by atoms with Gasteiger partial charge in [0.15, 0.2) is 0 Å². The zero-order valence-corrected chi connectivity index (χ0v) is 12.2. The second-order valence-corrected chi connectivity index (χ2v) is 6.03. The lowest BCUT2D eigenvalue weighted by molar-refractivity contribution is 0.461. The third kappa shape index (κ3) is 2.96. The number of aromatic nitrogens is 3. The molecule has 1 aliphatic rings. The molecule has 0 radical (unpaired) electrons. The Morgan fingerprint density at radius 3 is 2.85 bits per heavy atom. The summed E-state index contributed by atoms with van der Waals surface area (Å²) in [5, 5.41) is 4.75. The SMILES string of the molecule is CC(N)Cc1cccn1Cc1ccn(C2CCCC2)n1. The van der Waals surface area contributed by atoms with E-state index < -0.39 is 0 Å². The fraction of sp³-hybridized carbons (Fsp3) is 0.562. The van der Waals surface area contributed by atoms with E-state index in [1.165, 1.54) is 31.4 Å². The quantitative estimate of drug-likeness (QED) is 0.910. The van der Waals surface area contributed by atoms with Crippen LogP contribution in [0.15, 0.2) is 30.6 Å². The first-order valence-electron chi connectivity index (χ1n) is 7.66. The smallest absolute Gasteiger partial charge is 0.0821 e. The molecule has 20 heavy (non-hydrogen) atoms. The predicted molar refractivity (Wildman–Crippen MR) is 80.6 cm³/mol. The van der Waals surface area contributed by atoms with Gasteiger partial charge in [0.1, 0.15) is 0 Å². The second kappa shape index (κ2) is 5.83. The molecule has 0 bridgehead atoms. The Labute approximate surface area is 120 Å². The summed E-state index contributed by atoms with van der Waals surface area (Å²) >= 11 is 0. The highest BCUT2D eigenvalue weighted by Crippen LogP contribution is 2.28. The minimum absolute atomic E-state index is 0.194. The van der Waals surface area contributed by atoms with E-state index >= 15 is 0 Å². The molecular formula is C16H24N4. The summed E-state index contributed by atoms with van der Waals surface area (Å²) in [7, 11) is 0. The van der Waals surface area contributed by atoms with Gasteiger partial charge < -0.3 is 10.3 Å². The van der Waals surface area contributed by atoms with Gasteiger partial charge in [0.25, 0.3) is 0 Å². The minimum atomic E-state index is 0.194. The average molecular weight is 272 g/mol. The lowest BCUT2D eigenvalue weighted by Gasteiger charge is -2.11. The van der Waals surface area contributed by atoms with Gasteiger partial charge in [-0.2, -0.15) is 5.10 Å². The molecule has 0 aliphatic heterocycles. The van der Waals surface area contributed by atoms with Gasteiger partial charge >= 0.3 is 0 Å². The summed E-state index contributed by atoms with van der Waals surface area (Å²) in [4.78, 5) is 0. The van der Waals surface area contributed by atoms with E-state index in [1.807, 2.05) is 6.92 Å². The van der Waals surface area contributed by atoms with Crippen molar-refractivity contribution in [2.24, 2.45) is 5.73 Å². The lowest BCUT2D eigenvalue weighted by Crippen LogP contribution is -2.20. The fourth-order valence-corrected chi connectivity index (χ4v) is 3.13. The Kier molecular flexibility index (Phi) is 3.92. The topological polar surface area (TPSA) is 48.8 Å². The number of nitrogens with zero attached hydrogens (tertiary/aromatic N) is 3. The molecule has 0 spiro atoms. The molecule has 2 heterocycles. The maximum atomic E-state index is 5.90. The zero-order valence-electron chi connectivity index (χ0n) is 12.2. The van der Waals surface area contributed by atoms with Gasteiger partial charge in [-0.1, -0.05) is 12.8 Å². The third-order valence-electron chi connectivity index (χ3n) is 4.15. The molecule has 4 heteroatoms. The second-order valence-electron chi connectivity index (χ2n) is 6.03. The number of nitrogens with two attached hydrogens (primary N) is 1. The van der Waals surface area contributed by atoms with Crippen LogP contribution in [0.5, 0.6) is 0 Å². The highest BCUT2D eigenvalue weighted by Gasteiger charge is 2.17. The van der Waals surface area contributed by atoms with Crippen LogP contribution in [0.1, 0.15) is 50.0 Å². The summed E-state index contributed by atoms with van der Waals surface area (Å²) in [6.07, 6.45) is 10.4. The van der Waals surface area contributed by atoms with Gasteiger partial charge in [-0.3, -0.25) is 4.68 Å². The van der Waals surface area contributed by atoms with E-state index in [0.29, 0.717) is 6.04 Å². The largest absolute Gasteiger partial charge is 0.345 e. The first-order valence-corrected chi connectivity index (χ1v) is 7.66. The molecule has 1 aliphatic carbocycles. The molecule has 0 saturated heterocycles. The molecule has 0 aromatic carbocycles. The summed E-state index contributed by atoms with van der Waals surface area (Å²) in [6.45, 7) is 2.89. The molecule has 0 amide bonds. The van der Waals surface area contributed by atoms with Crippen LogP contribution < -0.4 is 5.73 Å². The normalized spacial score (nSPS) is 17.7. The van der Waals surface area contributed by atoms with Gasteiger partial charge in [-0.15, -0.1) is 0 Å². The van der Waals surface area contributed by atoms with Crippen LogP contribution >= 0.6 is 0 Å². The summed E-state index contributed by atoms with van der Waals surface area (Å²) in [5.74, 6) is 0. The Balaban J connectivity index is 1.70.